The van der Waals surface area contributed by atoms with E-state index in [0.717, 1.165) is 23.2 Å². The van der Waals surface area contributed by atoms with Gasteiger partial charge >= 0.3 is 0 Å². The van der Waals surface area contributed by atoms with E-state index in [4.69, 9.17) is 0 Å². The Morgan fingerprint density at radius 1 is 0.875 bits per heavy atom. The SMILES string of the molecule is O=C1C=Cc2ccccc2C12CNc1ccc3ccccc3c1C2. The second-order valence-corrected chi connectivity index (χ2v) is 6.71. The zero-order valence-corrected chi connectivity index (χ0v) is 13.3. The van der Waals surface area contributed by atoms with Crippen LogP contribution in [0.5, 0.6) is 0 Å². The Morgan fingerprint density at radius 2 is 1.71 bits per heavy atom. The van der Waals surface area contributed by atoms with Gasteiger partial charge in [-0.25, -0.2) is 0 Å². The van der Waals surface area contributed by atoms with E-state index >= 15 is 0 Å². The van der Waals surface area contributed by atoms with Crippen molar-refractivity contribution < 1.29 is 4.79 Å². The van der Waals surface area contributed by atoms with Crippen LogP contribution in [0, 0.1) is 0 Å². The monoisotopic (exact) mass is 311 g/mol. The Balaban J connectivity index is 1.75. The van der Waals surface area contributed by atoms with Gasteiger partial charge in [0.2, 0.25) is 0 Å². The van der Waals surface area contributed by atoms with Crippen molar-refractivity contribution in [2.45, 2.75) is 11.8 Å². The Hall–Kier alpha value is -2.87. The van der Waals surface area contributed by atoms with Gasteiger partial charge in [-0.15, -0.1) is 0 Å². The zero-order valence-electron chi connectivity index (χ0n) is 13.3. The normalized spacial score (nSPS) is 21.4. The van der Waals surface area contributed by atoms with Crippen LogP contribution in [0.4, 0.5) is 5.69 Å². The van der Waals surface area contributed by atoms with Crippen LogP contribution >= 0.6 is 0 Å². The van der Waals surface area contributed by atoms with Crippen molar-refractivity contribution in [3.8, 4) is 0 Å². The maximum Gasteiger partial charge on any atom is 0.168 e. The number of carbonyl (C=O) groups excluding carboxylic acids is 1. The Bertz CT molecular complexity index is 1020. The summed E-state index contributed by atoms with van der Waals surface area (Å²) in [6, 6.07) is 21.0. The molecule has 2 nitrogen and oxygen atoms in total. The third-order valence-corrected chi connectivity index (χ3v) is 5.46. The summed E-state index contributed by atoms with van der Waals surface area (Å²) in [7, 11) is 0. The number of ketones is 1. The van der Waals surface area contributed by atoms with Crippen LogP contribution in [0.3, 0.4) is 0 Å². The summed E-state index contributed by atoms with van der Waals surface area (Å²) in [6.45, 7) is 0.651. The molecule has 1 aliphatic heterocycles. The topological polar surface area (TPSA) is 29.1 Å². The maximum absolute atomic E-state index is 13.0. The first kappa shape index (κ1) is 13.6. The molecule has 0 aromatic heterocycles. The molecule has 3 aromatic rings. The van der Waals surface area contributed by atoms with E-state index < -0.39 is 5.41 Å². The third kappa shape index (κ3) is 1.74. The summed E-state index contributed by atoms with van der Waals surface area (Å²) >= 11 is 0. The van der Waals surface area contributed by atoms with E-state index in [1.165, 1.54) is 16.3 Å². The van der Waals surface area contributed by atoms with Gasteiger partial charge in [-0.05, 0) is 46.0 Å². The molecule has 0 fully saturated rings. The molecule has 0 amide bonds. The summed E-state index contributed by atoms with van der Waals surface area (Å²) in [4.78, 5) is 13.0. The first-order valence-corrected chi connectivity index (χ1v) is 8.34. The van der Waals surface area contributed by atoms with Crippen LogP contribution in [0.1, 0.15) is 16.7 Å². The van der Waals surface area contributed by atoms with Crippen molar-refractivity contribution in [3.05, 3.63) is 83.4 Å². The molecule has 3 aromatic carbocycles. The number of hydrogen-bond donors (Lipinski definition) is 1. The number of fused-ring (bicyclic) bond motifs is 5. The van der Waals surface area contributed by atoms with E-state index in [0.29, 0.717) is 6.54 Å². The fourth-order valence-electron chi connectivity index (χ4n) is 4.20. The average molecular weight is 311 g/mol. The molecule has 1 unspecified atom stereocenters. The number of rotatable bonds is 0. The van der Waals surface area contributed by atoms with Gasteiger partial charge in [0.15, 0.2) is 5.78 Å². The van der Waals surface area contributed by atoms with Crippen molar-refractivity contribution >= 4 is 28.3 Å². The molecule has 1 aliphatic carbocycles. The predicted octanol–water partition coefficient (Wildman–Crippen LogP) is 4.34. The van der Waals surface area contributed by atoms with Gasteiger partial charge in [0.1, 0.15) is 0 Å². The molecule has 0 saturated carbocycles. The zero-order chi connectivity index (χ0) is 16.1. The van der Waals surface area contributed by atoms with Gasteiger partial charge in [-0.3, -0.25) is 4.79 Å². The summed E-state index contributed by atoms with van der Waals surface area (Å²) in [6.07, 6.45) is 4.44. The maximum atomic E-state index is 13.0. The standard InChI is InChI=1S/C22H17NO/c24-21-12-10-16-6-2-4-8-19(16)22(21)13-18-17-7-3-1-5-15(17)9-11-20(18)23-14-22/h1-12,23H,13-14H2. The van der Waals surface area contributed by atoms with E-state index in [1.807, 2.05) is 18.2 Å². The molecule has 1 N–H and O–H groups in total. The fraction of sp³-hybridized carbons (Fsp3) is 0.136. The van der Waals surface area contributed by atoms with E-state index in [9.17, 15) is 4.79 Å². The molecule has 0 radical (unpaired) electrons. The van der Waals surface area contributed by atoms with Crippen molar-refractivity contribution in [1.29, 1.82) is 0 Å². The lowest BCUT2D eigenvalue weighted by Gasteiger charge is -2.40. The minimum atomic E-state index is -0.498. The lowest BCUT2D eigenvalue weighted by molar-refractivity contribution is -0.119. The van der Waals surface area contributed by atoms with Gasteiger partial charge in [0.25, 0.3) is 0 Å². The van der Waals surface area contributed by atoms with Crippen molar-refractivity contribution in [1.82, 2.24) is 0 Å². The van der Waals surface area contributed by atoms with Crippen LogP contribution in [0.15, 0.2) is 66.7 Å². The highest BCUT2D eigenvalue weighted by molar-refractivity contribution is 6.07. The second-order valence-electron chi connectivity index (χ2n) is 6.71. The molecule has 1 spiro atoms. The van der Waals surface area contributed by atoms with E-state index in [2.05, 4.69) is 53.8 Å². The Kier molecular flexibility index (Phi) is 2.72. The molecule has 1 heterocycles. The van der Waals surface area contributed by atoms with Gasteiger partial charge in [-0.1, -0.05) is 60.7 Å². The van der Waals surface area contributed by atoms with Crippen LogP contribution in [0.2, 0.25) is 0 Å². The van der Waals surface area contributed by atoms with Crippen LogP contribution in [-0.2, 0) is 16.6 Å². The molecule has 2 aliphatic rings. The number of allylic oxidation sites excluding steroid dienone is 1. The highest BCUT2D eigenvalue weighted by atomic mass is 16.1. The molecular weight excluding hydrogens is 294 g/mol. The number of anilines is 1. The van der Waals surface area contributed by atoms with Crippen molar-refractivity contribution in [2.24, 2.45) is 0 Å². The predicted molar refractivity (Wildman–Crippen MR) is 98.3 cm³/mol. The average Bonchev–Trinajstić information content (AvgIpc) is 2.65. The Morgan fingerprint density at radius 3 is 2.67 bits per heavy atom. The summed E-state index contributed by atoms with van der Waals surface area (Å²) < 4.78 is 0. The summed E-state index contributed by atoms with van der Waals surface area (Å²) in [5.41, 5.74) is 4.20. The number of benzene rings is 3. The van der Waals surface area contributed by atoms with Gasteiger partial charge in [0, 0.05) is 12.2 Å². The van der Waals surface area contributed by atoms with Gasteiger partial charge < -0.3 is 5.32 Å². The van der Waals surface area contributed by atoms with Crippen molar-refractivity contribution in [3.63, 3.8) is 0 Å². The Labute approximate surface area is 140 Å². The number of hydrogen-bond acceptors (Lipinski definition) is 2. The highest BCUT2D eigenvalue weighted by Crippen LogP contribution is 2.43. The minimum absolute atomic E-state index is 0.201. The quantitative estimate of drug-likeness (QED) is 0.669. The molecule has 1 atom stereocenters. The second kappa shape index (κ2) is 4.81. The smallest absolute Gasteiger partial charge is 0.168 e. The van der Waals surface area contributed by atoms with E-state index in [-0.39, 0.29) is 5.78 Å². The first-order chi connectivity index (χ1) is 11.8. The first-order valence-electron chi connectivity index (χ1n) is 8.34. The molecule has 5 rings (SSSR count). The largest absolute Gasteiger partial charge is 0.383 e. The third-order valence-electron chi connectivity index (χ3n) is 5.46. The van der Waals surface area contributed by atoms with Crippen LogP contribution < -0.4 is 5.32 Å². The fourth-order valence-corrected chi connectivity index (χ4v) is 4.20. The lowest BCUT2D eigenvalue weighted by atomic mass is 9.66. The minimum Gasteiger partial charge on any atom is -0.383 e. The molecule has 2 heteroatoms. The number of nitrogens with one attached hydrogen (secondary N) is 1. The van der Waals surface area contributed by atoms with Gasteiger partial charge in [0.05, 0.1) is 5.41 Å². The number of carbonyl (C=O) groups is 1. The molecule has 24 heavy (non-hydrogen) atoms. The molecule has 0 bridgehead atoms. The lowest BCUT2D eigenvalue weighted by Crippen LogP contribution is -2.47. The molecule has 0 saturated heterocycles. The van der Waals surface area contributed by atoms with Crippen molar-refractivity contribution in [2.75, 3.05) is 11.9 Å². The molecular formula is C22H17NO. The van der Waals surface area contributed by atoms with Gasteiger partial charge in [-0.2, -0.15) is 0 Å². The van der Waals surface area contributed by atoms with Crippen LogP contribution in [0.25, 0.3) is 16.8 Å². The van der Waals surface area contributed by atoms with Crippen LogP contribution in [-0.4, -0.2) is 12.3 Å². The molecule has 116 valence electrons. The summed E-state index contributed by atoms with van der Waals surface area (Å²) in [5.74, 6) is 0.201. The van der Waals surface area contributed by atoms with E-state index in [1.54, 1.807) is 6.08 Å². The summed E-state index contributed by atoms with van der Waals surface area (Å²) in [5, 5.41) is 5.99. The highest BCUT2D eigenvalue weighted by Gasteiger charge is 2.44.